The third-order valence-corrected chi connectivity index (χ3v) is 8.63. The Labute approximate surface area is 271 Å². The van der Waals surface area contributed by atoms with E-state index in [-0.39, 0.29) is 28.9 Å². The summed E-state index contributed by atoms with van der Waals surface area (Å²) in [6.45, 7) is 11.7. The van der Waals surface area contributed by atoms with E-state index in [1.165, 1.54) is 28.0 Å². The van der Waals surface area contributed by atoms with E-state index < -0.39 is 22.9 Å². The van der Waals surface area contributed by atoms with Crippen molar-refractivity contribution >= 4 is 34.3 Å². The third-order valence-electron chi connectivity index (χ3n) is 8.63. The lowest BCUT2D eigenvalue weighted by atomic mass is 10.1. The van der Waals surface area contributed by atoms with Crippen molar-refractivity contribution in [1.29, 1.82) is 0 Å². The van der Waals surface area contributed by atoms with Gasteiger partial charge in [0.25, 0.3) is 5.56 Å². The van der Waals surface area contributed by atoms with Crippen LogP contribution in [0.3, 0.4) is 0 Å². The largest absolute Gasteiger partial charge is 0.462 e. The van der Waals surface area contributed by atoms with E-state index >= 15 is 4.39 Å². The van der Waals surface area contributed by atoms with Crippen LogP contribution in [0.5, 0.6) is 0 Å². The first-order chi connectivity index (χ1) is 22.6. The molecule has 47 heavy (non-hydrogen) atoms. The molecule has 2 N–H and O–H groups in total. The zero-order chi connectivity index (χ0) is 33.7. The molecule has 13 heteroatoms. The Morgan fingerprint density at radius 2 is 1.77 bits per heavy atom. The molecule has 0 aliphatic carbocycles. The Kier molecular flexibility index (Phi) is 10.5. The van der Waals surface area contributed by atoms with Crippen LogP contribution in [0.4, 0.5) is 21.7 Å². The van der Waals surface area contributed by atoms with Crippen molar-refractivity contribution in [3.8, 4) is 0 Å². The summed E-state index contributed by atoms with van der Waals surface area (Å²) in [4.78, 5) is 62.2. The molecule has 12 nitrogen and oxygen atoms in total. The van der Waals surface area contributed by atoms with Gasteiger partial charge in [0.1, 0.15) is 17.0 Å². The van der Waals surface area contributed by atoms with E-state index in [4.69, 9.17) is 4.74 Å². The number of hydrogen-bond acceptors (Lipinski definition) is 9. The van der Waals surface area contributed by atoms with Gasteiger partial charge < -0.3 is 19.5 Å². The van der Waals surface area contributed by atoms with Crippen molar-refractivity contribution in [1.82, 2.24) is 24.0 Å². The van der Waals surface area contributed by atoms with E-state index in [0.29, 0.717) is 57.2 Å². The molecule has 1 fully saturated rings. The van der Waals surface area contributed by atoms with Gasteiger partial charge in [-0.3, -0.25) is 24.0 Å². The van der Waals surface area contributed by atoms with Crippen LogP contribution in [0.15, 0.2) is 50.9 Å². The van der Waals surface area contributed by atoms with Gasteiger partial charge in [0, 0.05) is 57.2 Å². The number of esters is 1. The quantitative estimate of drug-likeness (QED) is 0.174. The third kappa shape index (κ3) is 7.46. The van der Waals surface area contributed by atoms with Crippen LogP contribution in [0.1, 0.15) is 55.1 Å². The first kappa shape index (κ1) is 33.6. The number of H-pyrrole nitrogens is 1. The molecule has 5 rings (SSSR count). The second-order valence-electron chi connectivity index (χ2n) is 11.7. The Balaban J connectivity index is 1.16. The molecule has 1 aliphatic rings. The van der Waals surface area contributed by atoms with Crippen LogP contribution in [0.2, 0.25) is 0 Å². The number of aryl methyl sites for hydroxylation is 3. The normalized spacial score (nSPS) is 13.7. The summed E-state index contributed by atoms with van der Waals surface area (Å²) >= 11 is 0. The Morgan fingerprint density at radius 3 is 2.45 bits per heavy atom. The zero-order valence-corrected chi connectivity index (χ0v) is 27.4. The Hall–Kier alpha value is -4.78. The number of ether oxygens (including phenoxy) is 1. The first-order valence-corrected chi connectivity index (χ1v) is 16.2. The summed E-state index contributed by atoms with van der Waals surface area (Å²) in [5.74, 6) is -0.826. The van der Waals surface area contributed by atoms with Crippen LogP contribution in [0, 0.1) is 12.7 Å². The fraction of sp³-hybridized carbons (Fsp3) is 0.441. The molecule has 0 spiro atoms. The molecule has 0 atom stereocenters. The predicted molar refractivity (Wildman–Crippen MR) is 181 cm³/mol. The zero-order valence-electron chi connectivity index (χ0n) is 27.4. The minimum atomic E-state index is -0.740. The molecule has 4 aromatic rings. The number of carbonyl (C=O) groups excluding carboxylic acids is 1. The van der Waals surface area contributed by atoms with E-state index in [0.717, 1.165) is 31.1 Å². The van der Waals surface area contributed by atoms with Gasteiger partial charge in [0.05, 0.1) is 12.0 Å². The lowest BCUT2D eigenvalue weighted by Crippen LogP contribution is -2.47. The van der Waals surface area contributed by atoms with Gasteiger partial charge in [-0.15, -0.1) is 0 Å². The van der Waals surface area contributed by atoms with Crippen LogP contribution >= 0.6 is 0 Å². The SMILES string of the molecule is CCOC(=O)c1cn(CC)c2nc(N3CCN(CCCCn4c(=O)cc(Nc5ccc(C)c(CC)c5)[nH]c4=O)CC3)c(F)cc2c1=O. The second-order valence-corrected chi connectivity index (χ2v) is 11.7. The average molecular weight is 648 g/mol. The standard InChI is InChI=1S/C34H42FN7O5/c1-5-23-18-24(11-10-22(23)4)36-28-20-29(43)42(34(46)37-28)13-9-8-12-39-14-16-41(17-15-39)32-27(35)19-25-30(44)26(33(45)47-7-3)21-40(6-2)31(25)38-32/h10-11,18-21,36H,5-9,12-17H2,1-4H3,(H,37,46). The average Bonchev–Trinajstić information content (AvgIpc) is 3.05. The highest BCUT2D eigenvalue weighted by Crippen LogP contribution is 2.23. The molecule has 1 saturated heterocycles. The number of aromatic amines is 1. The number of benzene rings is 1. The van der Waals surface area contributed by atoms with Gasteiger partial charge in [-0.2, -0.15) is 0 Å². The van der Waals surface area contributed by atoms with E-state index in [9.17, 15) is 19.2 Å². The van der Waals surface area contributed by atoms with Crippen LogP contribution in [-0.4, -0.2) is 69.3 Å². The van der Waals surface area contributed by atoms with Crippen LogP contribution < -0.4 is 26.9 Å². The highest BCUT2D eigenvalue weighted by molar-refractivity contribution is 5.93. The predicted octanol–water partition coefficient (Wildman–Crippen LogP) is 3.80. The fourth-order valence-corrected chi connectivity index (χ4v) is 5.97. The van der Waals surface area contributed by atoms with Gasteiger partial charge in [0.2, 0.25) is 5.43 Å². The Morgan fingerprint density at radius 1 is 1.02 bits per heavy atom. The number of anilines is 3. The number of unbranched alkanes of at least 4 members (excludes halogenated alkanes) is 1. The maximum Gasteiger partial charge on any atom is 0.343 e. The van der Waals surface area contributed by atoms with Crippen LogP contribution in [-0.2, 0) is 24.2 Å². The Bertz CT molecular complexity index is 1910. The van der Waals surface area contributed by atoms with Crippen molar-refractivity contribution < 1.29 is 13.9 Å². The van der Waals surface area contributed by atoms with E-state index in [1.807, 2.05) is 30.0 Å². The summed E-state index contributed by atoms with van der Waals surface area (Å²) in [5, 5.41) is 3.17. The number of hydrogen-bond donors (Lipinski definition) is 2. The molecule has 4 heterocycles. The highest BCUT2D eigenvalue weighted by Gasteiger charge is 2.24. The maximum absolute atomic E-state index is 15.3. The smallest absolute Gasteiger partial charge is 0.343 e. The molecule has 0 bridgehead atoms. The van der Waals surface area contributed by atoms with Gasteiger partial charge >= 0.3 is 11.7 Å². The molecule has 1 aromatic carbocycles. The number of rotatable bonds is 12. The number of nitrogens with zero attached hydrogens (tertiary/aromatic N) is 5. The molecule has 0 radical (unpaired) electrons. The number of pyridine rings is 2. The van der Waals surface area contributed by atoms with E-state index in [1.54, 1.807) is 11.5 Å². The van der Waals surface area contributed by atoms with Gasteiger partial charge in [-0.1, -0.05) is 13.0 Å². The number of piperazine rings is 1. The number of halogens is 1. The molecule has 0 amide bonds. The maximum atomic E-state index is 15.3. The lowest BCUT2D eigenvalue weighted by molar-refractivity contribution is 0.0524. The molecule has 3 aromatic heterocycles. The monoisotopic (exact) mass is 647 g/mol. The van der Waals surface area contributed by atoms with Crippen LogP contribution in [0.25, 0.3) is 11.0 Å². The molecule has 1 aliphatic heterocycles. The van der Waals surface area contributed by atoms with Gasteiger partial charge in [-0.05, 0) is 75.9 Å². The summed E-state index contributed by atoms with van der Waals surface area (Å²) in [6, 6.07) is 8.52. The lowest BCUT2D eigenvalue weighted by Gasteiger charge is -2.35. The van der Waals surface area contributed by atoms with Crippen molar-refractivity contribution in [2.45, 2.75) is 60.0 Å². The number of aromatic nitrogens is 4. The molecular formula is C34H42FN7O5. The molecule has 0 unspecified atom stereocenters. The molecular weight excluding hydrogens is 605 g/mol. The summed E-state index contributed by atoms with van der Waals surface area (Å²) in [5.41, 5.74) is 1.96. The summed E-state index contributed by atoms with van der Waals surface area (Å²) < 4.78 is 23.2. The number of carbonyl (C=O) groups is 1. The topological polar surface area (TPSA) is 135 Å². The van der Waals surface area contributed by atoms with Gasteiger partial charge in [-0.25, -0.2) is 19.0 Å². The van der Waals surface area contributed by atoms with Crippen molar-refractivity contribution in [2.75, 3.05) is 49.5 Å². The molecule has 0 saturated carbocycles. The minimum absolute atomic E-state index is 0.0398. The van der Waals surface area contributed by atoms with Crippen molar-refractivity contribution in [3.63, 3.8) is 0 Å². The highest BCUT2D eigenvalue weighted by atomic mass is 19.1. The van der Waals surface area contributed by atoms with E-state index in [2.05, 4.69) is 34.0 Å². The fourth-order valence-electron chi connectivity index (χ4n) is 5.97. The van der Waals surface area contributed by atoms with Crippen molar-refractivity contribution in [3.05, 3.63) is 90.1 Å². The van der Waals surface area contributed by atoms with Gasteiger partial charge in [0.15, 0.2) is 11.6 Å². The van der Waals surface area contributed by atoms with Crippen molar-refractivity contribution in [2.24, 2.45) is 0 Å². The second kappa shape index (κ2) is 14.8. The first-order valence-electron chi connectivity index (χ1n) is 16.2. The summed E-state index contributed by atoms with van der Waals surface area (Å²) in [7, 11) is 0. The minimum Gasteiger partial charge on any atom is -0.462 e. The molecule has 250 valence electrons. The number of nitrogens with one attached hydrogen (secondary N) is 2. The summed E-state index contributed by atoms with van der Waals surface area (Å²) in [6.07, 6.45) is 3.75. The number of fused-ring (bicyclic) bond motifs is 1.